The van der Waals surface area contributed by atoms with E-state index in [1.807, 2.05) is 31.2 Å². The van der Waals surface area contributed by atoms with Gasteiger partial charge in [0.1, 0.15) is 0 Å². The average Bonchev–Trinajstić information content (AvgIpc) is 2.23. The molecule has 0 saturated heterocycles. The van der Waals surface area contributed by atoms with E-state index in [2.05, 4.69) is 6.92 Å². The fraction of sp³-hybridized carbons (Fsp3) is 0.455. The summed E-state index contributed by atoms with van der Waals surface area (Å²) in [6.07, 6.45) is 0. The molecule has 0 amide bonds. The van der Waals surface area contributed by atoms with Gasteiger partial charge in [0.25, 0.3) is 0 Å². The number of benzene rings is 1. The molecule has 0 aliphatic carbocycles. The summed E-state index contributed by atoms with van der Waals surface area (Å²) in [5.74, 6) is 0.283. The Kier molecular flexibility index (Phi) is 2.45. The van der Waals surface area contributed by atoms with Gasteiger partial charge in [0.15, 0.2) is 0 Å². The number of hydrogen-bond donors (Lipinski definition) is 1. The van der Waals surface area contributed by atoms with Crippen LogP contribution in [0.5, 0.6) is 0 Å². The second-order valence-electron chi connectivity index (χ2n) is 3.93. The Hall–Kier alpha value is -0.670. The van der Waals surface area contributed by atoms with E-state index in [0.717, 1.165) is 10.5 Å². The smallest absolute Gasteiger partial charge is 0.0564 e. The van der Waals surface area contributed by atoms with Crippen molar-refractivity contribution in [1.29, 1.82) is 0 Å². The minimum atomic E-state index is -0.891. The van der Waals surface area contributed by atoms with Gasteiger partial charge in [0.2, 0.25) is 0 Å². The predicted octanol–water partition coefficient (Wildman–Crippen LogP) is 1.83. The van der Waals surface area contributed by atoms with E-state index in [4.69, 9.17) is 5.73 Å². The van der Waals surface area contributed by atoms with Crippen molar-refractivity contribution in [2.75, 3.05) is 0 Å². The van der Waals surface area contributed by atoms with Crippen molar-refractivity contribution in [2.24, 2.45) is 11.7 Å². The molecule has 1 aromatic carbocycles. The van der Waals surface area contributed by atoms with Crippen molar-refractivity contribution in [3.8, 4) is 0 Å². The molecule has 0 bridgehead atoms. The highest BCUT2D eigenvalue weighted by Crippen LogP contribution is 2.35. The summed E-state index contributed by atoms with van der Waals surface area (Å²) in [4.78, 5) is 0.922. The zero-order chi connectivity index (χ0) is 10.3. The lowest BCUT2D eigenvalue weighted by Crippen LogP contribution is -2.35. The van der Waals surface area contributed by atoms with E-state index >= 15 is 0 Å². The molecular weight excluding hydrogens is 194 g/mol. The Morgan fingerprint density at radius 3 is 2.64 bits per heavy atom. The Balaban J connectivity index is 2.56. The quantitative estimate of drug-likeness (QED) is 0.708. The Morgan fingerprint density at radius 2 is 1.93 bits per heavy atom. The van der Waals surface area contributed by atoms with Crippen molar-refractivity contribution in [1.82, 2.24) is 0 Å². The van der Waals surface area contributed by atoms with Gasteiger partial charge in [0, 0.05) is 16.2 Å². The van der Waals surface area contributed by atoms with Crippen LogP contribution in [0.2, 0.25) is 0 Å². The van der Waals surface area contributed by atoms with Crippen LogP contribution in [0, 0.1) is 5.92 Å². The standard InChI is InChI=1S/C11H15NOS/c1-7-8(2)14(13)10-6-4-3-5-9(10)11(7)12/h3-8,11H,12H2,1-2H3. The first kappa shape index (κ1) is 9.87. The molecule has 1 aromatic rings. The third-order valence-corrected chi connectivity index (χ3v) is 5.05. The largest absolute Gasteiger partial charge is 0.324 e. The van der Waals surface area contributed by atoms with Crippen molar-refractivity contribution in [3.63, 3.8) is 0 Å². The number of fused-ring (bicyclic) bond motifs is 1. The molecule has 0 fully saturated rings. The van der Waals surface area contributed by atoms with Gasteiger partial charge >= 0.3 is 0 Å². The summed E-state index contributed by atoms with van der Waals surface area (Å²) in [7, 11) is -0.891. The van der Waals surface area contributed by atoms with E-state index in [9.17, 15) is 4.21 Å². The molecule has 3 heteroatoms. The summed E-state index contributed by atoms with van der Waals surface area (Å²) < 4.78 is 12.0. The van der Waals surface area contributed by atoms with Gasteiger partial charge in [-0.3, -0.25) is 4.21 Å². The van der Waals surface area contributed by atoms with Crippen LogP contribution in [-0.2, 0) is 10.8 Å². The van der Waals surface area contributed by atoms with Crippen LogP contribution in [0.4, 0.5) is 0 Å². The van der Waals surface area contributed by atoms with E-state index in [1.54, 1.807) is 0 Å². The molecule has 4 unspecified atom stereocenters. The van der Waals surface area contributed by atoms with Crippen LogP contribution in [0.1, 0.15) is 25.5 Å². The Labute approximate surface area is 87.0 Å². The first-order chi connectivity index (χ1) is 6.63. The lowest BCUT2D eigenvalue weighted by Gasteiger charge is -2.32. The highest BCUT2D eigenvalue weighted by molar-refractivity contribution is 7.85. The topological polar surface area (TPSA) is 43.1 Å². The van der Waals surface area contributed by atoms with Crippen LogP contribution in [-0.4, -0.2) is 9.46 Å². The highest BCUT2D eigenvalue weighted by Gasteiger charge is 2.33. The van der Waals surface area contributed by atoms with Gasteiger partial charge in [-0.05, 0) is 17.5 Å². The molecule has 0 spiro atoms. The monoisotopic (exact) mass is 209 g/mol. The van der Waals surface area contributed by atoms with Gasteiger partial charge in [-0.2, -0.15) is 0 Å². The summed E-state index contributed by atoms with van der Waals surface area (Å²) in [5, 5.41) is 0.153. The SMILES string of the molecule is CC1C(N)c2ccccc2S(=O)C1C. The minimum Gasteiger partial charge on any atom is -0.324 e. The summed E-state index contributed by atoms with van der Waals surface area (Å²) in [6, 6.07) is 7.82. The zero-order valence-electron chi connectivity index (χ0n) is 8.44. The van der Waals surface area contributed by atoms with Gasteiger partial charge in [0.05, 0.1) is 10.8 Å². The lowest BCUT2D eigenvalue weighted by molar-refractivity contribution is 0.442. The minimum absolute atomic E-state index is 0.0268. The zero-order valence-corrected chi connectivity index (χ0v) is 9.25. The molecule has 2 rings (SSSR count). The molecule has 1 aliphatic heterocycles. The molecule has 0 aromatic heterocycles. The van der Waals surface area contributed by atoms with Gasteiger partial charge in [-0.1, -0.05) is 32.0 Å². The molecule has 0 radical (unpaired) electrons. The normalized spacial score (nSPS) is 36.5. The van der Waals surface area contributed by atoms with Gasteiger partial charge in [-0.25, -0.2) is 0 Å². The van der Waals surface area contributed by atoms with Crippen LogP contribution < -0.4 is 5.73 Å². The van der Waals surface area contributed by atoms with E-state index in [1.165, 1.54) is 0 Å². The van der Waals surface area contributed by atoms with Crippen molar-refractivity contribution < 1.29 is 4.21 Å². The molecule has 1 aliphatic rings. The molecule has 76 valence electrons. The maximum absolute atomic E-state index is 12.0. The maximum Gasteiger partial charge on any atom is 0.0564 e. The van der Waals surface area contributed by atoms with Gasteiger partial charge < -0.3 is 5.73 Å². The van der Waals surface area contributed by atoms with Crippen molar-refractivity contribution >= 4 is 10.8 Å². The summed E-state index contributed by atoms with van der Waals surface area (Å²) in [5.41, 5.74) is 7.16. The third-order valence-electron chi connectivity index (χ3n) is 3.14. The average molecular weight is 209 g/mol. The summed E-state index contributed by atoms with van der Waals surface area (Å²) >= 11 is 0. The van der Waals surface area contributed by atoms with E-state index in [-0.39, 0.29) is 17.2 Å². The molecule has 1 heterocycles. The number of nitrogens with two attached hydrogens (primary N) is 1. The second-order valence-corrected chi connectivity index (χ2v) is 5.70. The van der Waals surface area contributed by atoms with Crippen LogP contribution >= 0.6 is 0 Å². The third kappa shape index (κ3) is 1.31. The van der Waals surface area contributed by atoms with Crippen LogP contribution in [0.3, 0.4) is 0 Å². The fourth-order valence-electron chi connectivity index (χ4n) is 1.91. The van der Waals surface area contributed by atoms with Crippen molar-refractivity contribution in [3.05, 3.63) is 29.8 Å². The molecule has 2 N–H and O–H groups in total. The van der Waals surface area contributed by atoms with E-state index in [0.29, 0.717) is 0 Å². The van der Waals surface area contributed by atoms with Gasteiger partial charge in [-0.15, -0.1) is 0 Å². The number of rotatable bonds is 0. The molecule has 0 saturated carbocycles. The Morgan fingerprint density at radius 1 is 1.29 bits per heavy atom. The molecule has 14 heavy (non-hydrogen) atoms. The Bertz CT molecular complexity index is 377. The maximum atomic E-state index is 12.0. The molecule has 2 nitrogen and oxygen atoms in total. The first-order valence-electron chi connectivity index (χ1n) is 4.88. The second kappa shape index (κ2) is 3.48. The fourth-order valence-corrected chi connectivity index (χ4v) is 3.52. The van der Waals surface area contributed by atoms with Crippen LogP contribution in [0.25, 0.3) is 0 Å². The van der Waals surface area contributed by atoms with Crippen molar-refractivity contribution in [2.45, 2.75) is 30.0 Å². The van der Waals surface area contributed by atoms with E-state index < -0.39 is 10.8 Å². The predicted molar refractivity (Wildman–Crippen MR) is 58.4 cm³/mol. The summed E-state index contributed by atoms with van der Waals surface area (Å²) in [6.45, 7) is 4.08. The lowest BCUT2D eigenvalue weighted by atomic mass is 9.92. The van der Waals surface area contributed by atoms with Crippen LogP contribution in [0.15, 0.2) is 29.2 Å². The first-order valence-corrected chi connectivity index (χ1v) is 6.09. The molecule has 4 atom stereocenters. The highest BCUT2D eigenvalue weighted by atomic mass is 32.2. The number of hydrogen-bond acceptors (Lipinski definition) is 2. The molecular formula is C11H15NOS.